The van der Waals surface area contributed by atoms with Crippen molar-refractivity contribution in [1.29, 1.82) is 0 Å². The minimum atomic E-state index is -4.43. The van der Waals surface area contributed by atoms with E-state index >= 15 is 0 Å². The summed E-state index contributed by atoms with van der Waals surface area (Å²) in [5.74, 6) is 0.446. The van der Waals surface area contributed by atoms with Gasteiger partial charge in [0.1, 0.15) is 23.1 Å². The molecule has 0 aliphatic rings. The van der Waals surface area contributed by atoms with Crippen molar-refractivity contribution in [2.75, 3.05) is 0 Å². The molecule has 0 aliphatic carbocycles. The van der Waals surface area contributed by atoms with Gasteiger partial charge in [0, 0.05) is 18.5 Å². The predicted molar refractivity (Wildman–Crippen MR) is 166 cm³/mol. The quantitative estimate of drug-likeness (QED) is 0.153. The molecule has 1 heterocycles. The molecule has 1 unspecified atom stereocenters. The number of ether oxygens (including phenoxy) is 1. The Labute approximate surface area is 259 Å². The molecule has 5 rings (SSSR count). The van der Waals surface area contributed by atoms with Crippen molar-refractivity contribution in [3.63, 3.8) is 0 Å². The van der Waals surface area contributed by atoms with Crippen LogP contribution in [-0.2, 0) is 32.4 Å². The Bertz CT molecular complexity index is 1640. The SMILES string of the molecule is CC(NC(=O)c1csc(CN(Cc2ccc(OCc3ccccc3)cc2)Cc2cccc(C(F)(F)F)c2)n1)c1ccccc1. The molecule has 0 fully saturated rings. The maximum absolute atomic E-state index is 13.4. The molecule has 1 amide bonds. The van der Waals surface area contributed by atoms with Crippen LogP contribution in [0, 0.1) is 0 Å². The molecule has 9 heteroatoms. The van der Waals surface area contributed by atoms with Crippen LogP contribution in [0.2, 0.25) is 0 Å². The van der Waals surface area contributed by atoms with Crippen molar-refractivity contribution in [1.82, 2.24) is 15.2 Å². The van der Waals surface area contributed by atoms with Gasteiger partial charge in [0.15, 0.2) is 0 Å². The summed E-state index contributed by atoms with van der Waals surface area (Å²) in [5, 5.41) is 5.38. The van der Waals surface area contributed by atoms with Crippen LogP contribution < -0.4 is 10.1 Å². The van der Waals surface area contributed by atoms with Crippen molar-refractivity contribution in [2.24, 2.45) is 0 Å². The molecule has 5 aromatic rings. The highest BCUT2D eigenvalue weighted by Gasteiger charge is 2.30. The van der Waals surface area contributed by atoms with Crippen LogP contribution in [0.1, 0.15) is 56.3 Å². The van der Waals surface area contributed by atoms with Gasteiger partial charge >= 0.3 is 6.18 Å². The van der Waals surface area contributed by atoms with Gasteiger partial charge in [-0.3, -0.25) is 9.69 Å². The Kier molecular flexibility index (Phi) is 10.1. The number of benzene rings is 4. The predicted octanol–water partition coefficient (Wildman–Crippen LogP) is 8.43. The van der Waals surface area contributed by atoms with Crippen LogP contribution in [0.15, 0.2) is 115 Å². The average Bonchev–Trinajstić information content (AvgIpc) is 3.50. The zero-order valence-corrected chi connectivity index (χ0v) is 24.9. The Balaban J connectivity index is 1.28. The first-order chi connectivity index (χ1) is 21.2. The Morgan fingerprint density at radius 1 is 0.841 bits per heavy atom. The van der Waals surface area contributed by atoms with E-state index in [0.717, 1.165) is 28.5 Å². The van der Waals surface area contributed by atoms with Crippen LogP contribution in [0.3, 0.4) is 0 Å². The summed E-state index contributed by atoms with van der Waals surface area (Å²) in [6, 6.07) is 32.4. The normalized spacial score (nSPS) is 12.2. The number of carbonyl (C=O) groups excluding carboxylic acids is 1. The molecule has 44 heavy (non-hydrogen) atoms. The second-order valence-corrected chi connectivity index (χ2v) is 11.4. The van der Waals surface area contributed by atoms with E-state index in [1.807, 2.05) is 96.8 Å². The third-order valence-corrected chi connectivity index (χ3v) is 7.86. The molecular formula is C35H32F3N3O2S. The minimum Gasteiger partial charge on any atom is -0.489 e. The second kappa shape index (κ2) is 14.3. The molecule has 0 spiro atoms. The van der Waals surface area contributed by atoms with Gasteiger partial charge in [-0.1, -0.05) is 91.0 Å². The summed E-state index contributed by atoms with van der Waals surface area (Å²) in [6.07, 6.45) is -4.43. The number of aromatic nitrogens is 1. The first-order valence-electron chi connectivity index (χ1n) is 14.2. The molecular weight excluding hydrogens is 583 g/mol. The van der Waals surface area contributed by atoms with Crippen molar-refractivity contribution in [3.05, 3.63) is 153 Å². The highest BCUT2D eigenvalue weighted by molar-refractivity contribution is 7.09. The number of hydrogen-bond acceptors (Lipinski definition) is 5. The fraction of sp³-hybridized carbons (Fsp3) is 0.200. The van der Waals surface area contributed by atoms with Crippen molar-refractivity contribution in [3.8, 4) is 5.75 Å². The number of hydrogen-bond donors (Lipinski definition) is 1. The van der Waals surface area contributed by atoms with Gasteiger partial charge in [-0.2, -0.15) is 13.2 Å². The molecule has 0 saturated heterocycles. The summed E-state index contributed by atoms with van der Waals surface area (Å²) in [5.41, 5.74) is 3.18. The number of carbonyl (C=O) groups is 1. The maximum atomic E-state index is 13.4. The first-order valence-corrected chi connectivity index (χ1v) is 15.1. The molecule has 5 nitrogen and oxygen atoms in total. The fourth-order valence-electron chi connectivity index (χ4n) is 4.74. The Hall–Kier alpha value is -4.47. The average molecular weight is 616 g/mol. The highest BCUT2D eigenvalue weighted by Crippen LogP contribution is 2.30. The van der Waals surface area contributed by atoms with E-state index in [4.69, 9.17) is 4.74 Å². The smallest absolute Gasteiger partial charge is 0.416 e. The van der Waals surface area contributed by atoms with Crippen LogP contribution in [0.5, 0.6) is 5.75 Å². The van der Waals surface area contributed by atoms with Crippen LogP contribution in [-0.4, -0.2) is 15.8 Å². The third kappa shape index (κ3) is 8.78. The standard InChI is InChI=1S/C35H32F3N3O2S/c1-25(29-12-6-3-7-13-29)39-34(42)32-24-44-33(40-32)22-41(21-28-11-8-14-30(19-28)35(36,37)38)20-26-15-17-31(18-16-26)43-23-27-9-4-2-5-10-27/h2-19,24-25H,20-23H2,1H3,(H,39,42). The molecule has 1 aromatic heterocycles. The van der Waals surface area contributed by atoms with Gasteiger partial charge in [0.05, 0.1) is 18.2 Å². The molecule has 0 radical (unpaired) electrons. The lowest BCUT2D eigenvalue weighted by Gasteiger charge is -2.22. The van der Waals surface area contributed by atoms with E-state index in [1.54, 1.807) is 11.4 Å². The minimum absolute atomic E-state index is 0.189. The molecule has 0 aliphatic heterocycles. The maximum Gasteiger partial charge on any atom is 0.416 e. The van der Waals surface area contributed by atoms with Crippen molar-refractivity contribution < 1.29 is 22.7 Å². The number of alkyl halides is 3. The molecule has 1 N–H and O–H groups in total. The van der Waals surface area contributed by atoms with Gasteiger partial charge in [-0.15, -0.1) is 11.3 Å². The molecule has 226 valence electrons. The zero-order valence-electron chi connectivity index (χ0n) is 24.1. The van der Waals surface area contributed by atoms with Crippen LogP contribution in [0.4, 0.5) is 13.2 Å². The number of amides is 1. The lowest BCUT2D eigenvalue weighted by molar-refractivity contribution is -0.137. The van der Waals surface area contributed by atoms with E-state index < -0.39 is 11.7 Å². The van der Waals surface area contributed by atoms with E-state index in [2.05, 4.69) is 10.3 Å². The topological polar surface area (TPSA) is 54.5 Å². The van der Waals surface area contributed by atoms with E-state index in [9.17, 15) is 18.0 Å². The van der Waals surface area contributed by atoms with Gasteiger partial charge in [0.25, 0.3) is 5.91 Å². The van der Waals surface area contributed by atoms with Crippen LogP contribution in [0.25, 0.3) is 0 Å². The molecule has 4 aromatic carbocycles. The Morgan fingerprint density at radius 3 is 2.20 bits per heavy atom. The number of thiazole rings is 1. The summed E-state index contributed by atoms with van der Waals surface area (Å²) < 4.78 is 46.1. The molecule has 1 atom stereocenters. The summed E-state index contributed by atoms with van der Waals surface area (Å²) in [6.45, 7) is 3.44. The molecule has 0 bridgehead atoms. The monoisotopic (exact) mass is 615 g/mol. The molecule has 0 saturated carbocycles. The fourth-order valence-corrected chi connectivity index (χ4v) is 5.55. The van der Waals surface area contributed by atoms with Crippen LogP contribution >= 0.6 is 11.3 Å². The van der Waals surface area contributed by atoms with Gasteiger partial charge < -0.3 is 10.1 Å². The Morgan fingerprint density at radius 2 is 1.50 bits per heavy atom. The van der Waals surface area contributed by atoms with Gasteiger partial charge in [-0.25, -0.2) is 4.98 Å². The van der Waals surface area contributed by atoms with Gasteiger partial charge in [-0.05, 0) is 47.4 Å². The third-order valence-electron chi connectivity index (χ3n) is 7.03. The zero-order chi connectivity index (χ0) is 30.9. The first kappa shape index (κ1) is 31.0. The largest absolute Gasteiger partial charge is 0.489 e. The van der Waals surface area contributed by atoms with Crippen molar-refractivity contribution >= 4 is 17.2 Å². The van der Waals surface area contributed by atoms with Gasteiger partial charge in [0.2, 0.25) is 0 Å². The van der Waals surface area contributed by atoms with E-state index in [0.29, 0.717) is 36.0 Å². The second-order valence-electron chi connectivity index (χ2n) is 10.5. The lowest BCUT2D eigenvalue weighted by Crippen LogP contribution is -2.27. The lowest BCUT2D eigenvalue weighted by atomic mass is 10.1. The summed E-state index contributed by atoms with van der Waals surface area (Å²) >= 11 is 1.35. The summed E-state index contributed by atoms with van der Waals surface area (Å²) in [4.78, 5) is 19.5. The summed E-state index contributed by atoms with van der Waals surface area (Å²) in [7, 11) is 0. The van der Waals surface area contributed by atoms with E-state index in [-0.39, 0.29) is 18.5 Å². The highest BCUT2D eigenvalue weighted by atomic mass is 32.1. The van der Waals surface area contributed by atoms with E-state index in [1.165, 1.54) is 23.5 Å². The van der Waals surface area contributed by atoms with Crippen molar-refractivity contribution in [2.45, 2.75) is 45.4 Å². The number of rotatable bonds is 12. The number of halogens is 3. The number of nitrogens with one attached hydrogen (secondary N) is 1. The number of nitrogens with zero attached hydrogens (tertiary/aromatic N) is 2.